The van der Waals surface area contributed by atoms with Crippen LogP contribution in [0, 0.1) is 0 Å². The van der Waals surface area contributed by atoms with Gasteiger partial charge in [0.2, 0.25) is 8.32 Å². The van der Waals surface area contributed by atoms with Crippen molar-refractivity contribution in [2.45, 2.75) is 64.7 Å². The number of carbonyl (C=O) groups excluding carboxylic acids is 1. The zero-order valence-electron chi connectivity index (χ0n) is 26.7. The highest BCUT2D eigenvalue weighted by molar-refractivity contribution is 6.74. The fourth-order valence-electron chi connectivity index (χ4n) is 5.39. The van der Waals surface area contributed by atoms with Crippen molar-refractivity contribution >= 4 is 25.2 Å². The van der Waals surface area contributed by atoms with Crippen molar-refractivity contribution in [1.29, 1.82) is 0 Å². The van der Waals surface area contributed by atoms with Crippen LogP contribution in [-0.4, -0.2) is 47.2 Å². The number of hydrogen-bond acceptors (Lipinski definition) is 7. The van der Waals surface area contributed by atoms with Crippen molar-refractivity contribution in [1.82, 2.24) is 19.7 Å². The van der Waals surface area contributed by atoms with Crippen LogP contribution in [0.3, 0.4) is 0 Å². The van der Waals surface area contributed by atoms with Crippen LogP contribution in [0.25, 0.3) is 33.4 Å². The largest absolute Gasteiger partial charge is 0.544 e. The Morgan fingerprint density at radius 1 is 0.933 bits per heavy atom. The van der Waals surface area contributed by atoms with E-state index in [1.807, 2.05) is 66.9 Å². The minimum Gasteiger partial charge on any atom is -0.544 e. The third-order valence-corrected chi connectivity index (χ3v) is 13.2. The number of nitrogens with zero attached hydrogens (tertiary/aromatic N) is 4. The molecule has 0 saturated carbocycles. The highest BCUT2D eigenvalue weighted by Crippen LogP contribution is 2.40. The Balaban J connectivity index is 1.07. The van der Waals surface area contributed by atoms with Gasteiger partial charge in [-0.1, -0.05) is 39.0 Å². The molecule has 0 N–H and O–H groups in total. The molecule has 5 aromatic rings. The molecule has 9 heteroatoms. The molecule has 0 aliphatic carbocycles. The number of aromatic nitrogens is 4. The summed E-state index contributed by atoms with van der Waals surface area (Å²) in [4.78, 5) is 21.7. The van der Waals surface area contributed by atoms with Crippen molar-refractivity contribution in [3.63, 3.8) is 0 Å². The van der Waals surface area contributed by atoms with Crippen molar-refractivity contribution in [2.24, 2.45) is 0 Å². The van der Waals surface area contributed by atoms with Crippen LogP contribution >= 0.6 is 0 Å². The van der Waals surface area contributed by atoms with Crippen LogP contribution in [0.4, 0.5) is 0 Å². The molecule has 0 saturated heterocycles. The molecule has 232 valence electrons. The van der Waals surface area contributed by atoms with E-state index in [4.69, 9.17) is 19.0 Å². The first-order valence-electron chi connectivity index (χ1n) is 15.6. The minimum atomic E-state index is -1.91. The molecule has 6 rings (SSSR count). The summed E-state index contributed by atoms with van der Waals surface area (Å²) in [6.45, 7) is 12.4. The van der Waals surface area contributed by atoms with Crippen LogP contribution in [0.5, 0.6) is 11.5 Å². The predicted octanol–water partition coefficient (Wildman–Crippen LogP) is 7.66. The van der Waals surface area contributed by atoms with Gasteiger partial charge in [-0.05, 0) is 84.6 Å². The van der Waals surface area contributed by atoms with E-state index in [0.29, 0.717) is 5.75 Å². The maximum Gasteiger partial charge on any atom is 0.310 e. The highest BCUT2D eigenvalue weighted by Gasteiger charge is 2.39. The monoisotopic (exact) mass is 620 g/mol. The molecule has 4 heterocycles. The first-order valence-corrected chi connectivity index (χ1v) is 18.5. The summed E-state index contributed by atoms with van der Waals surface area (Å²) in [6.07, 6.45) is 5.90. The standard InChI is InChI=1S/C36H40N4O4Si/c1-36(2,3)45(4,5)44-26-13-11-25(12-14-26)23-33(41)43-22-21-42-27-15-16-28-29(17-19-38-31(28)24-27)34-32-10-8-20-40(32)39-35(34)30-9-6-7-18-37-30/h6-7,9,11-19,24H,8,10,20-23H2,1-5H3. The van der Waals surface area contributed by atoms with Gasteiger partial charge >= 0.3 is 5.97 Å². The summed E-state index contributed by atoms with van der Waals surface area (Å²) in [5.41, 5.74) is 6.92. The van der Waals surface area contributed by atoms with Gasteiger partial charge < -0.3 is 13.9 Å². The lowest BCUT2D eigenvalue weighted by Gasteiger charge is -2.36. The Labute approximate surface area is 265 Å². The third kappa shape index (κ3) is 6.63. The topological polar surface area (TPSA) is 88.4 Å². The predicted molar refractivity (Wildman–Crippen MR) is 179 cm³/mol. The van der Waals surface area contributed by atoms with Gasteiger partial charge in [0.05, 0.1) is 17.6 Å². The number of ether oxygens (including phenoxy) is 2. The number of benzene rings is 2. The van der Waals surface area contributed by atoms with Crippen LogP contribution in [-0.2, 0) is 28.9 Å². The fraction of sp³-hybridized carbons (Fsp3) is 0.333. The van der Waals surface area contributed by atoms with E-state index in [9.17, 15) is 4.79 Å². The molecule has 0 spiro atoms. The maximum atomic E-state index is 12.5. The number of hydrogen-bond donors (Lipinski definition) is 0. The molecule has 0 atom stereocenters. The van der Waals surface area contributed by atoms with Gasteiger partial charge in [-0.15, -0.1) is 0 Å². The number of aryl methyl sites for hydroxylation is 1. The van der Waals surface area contributed by atoms with E-state index in [2.05, 4.69) is 54.6 Å². The Hall–Kier alpha value is -4.50. The Kier molecular flexibility index (Phi) is 8.46. The molecule has 0 radical (unpaired) electrons. The van der Waals surface area contributed by atoms with Crippen LogP contribution in [0.1, 0.15) is 38.4 Å². The number of pyridine rings is 2. The van der Waals surface area contributed by atoms with E-state index in [1.165, 1.54) is 5.69 Å². The summed E-state index contributed by atoms with van der Waals surface area (Å²) in [6, 6.07) is 21.6. The molecule has 0 unspecified atom stereocenters. The van der Waals surface area contributed by atoms with Crippen molar-refractivity contribution in [3.8, 4) is 34.0 Å². The molecular formula is C36H40N4O4Si. The molecule has 8 nitrogen and oxygen atoms in total. The lowest BCUT2D eigenvalue weighted by atomic mass is 9.96. The SMILES string of the molecule is CC(C)(C)[Si](C)(C)Oc1ccc(CC(=O)OCCOc2ccc3c(-c4c(-c5ccccn5)nn5c4CCC5)ccnc3c2)cc1. The average molecular weight is 621 g/mol. The second-order valence-electron chi connectivity index (χ2n) is 13.0. The number of carbonyl (C=O) groups is 1. The maximum absolute atomic E-state index is 12.5. The average Bonchev–Trinajstić information content (AvgIpc) is 3.62. The molecular weight excluding hydrogens is 581 g/mol. The smallest absolute Gasteiger partial charge is 0.310 e. The van der Waals surface area contributed by atoms with Gasteiger partial charge in [-0.25, -0.2) is 0 Å². The number of rotatable bonds is 10. The zero-order valence-corrected chi connectivity index (χ0v) is 27.7. The van der Waals surface area contributed by atoms with Crippen molar-refractivity contribution < 1.29 is 18.7 Å². The Morgan fingerprint density at radius 2 is 1.73 bits per heavy atom. The molecule has 1 aliphatic rings. The number of esters is 1. The molecule has 3 aromatic heterocycles. The van der Waals surface area contributed by atoms with Crippen LogP contribution in [0.2, 0.25) is 18.1 Å². The van der Waals surface area contributed by atoms with Crippen molar-refractivity contribution in [3.05, 3.63) is 90.4 Å². The molecule has 0 bridgehead atoms. The van der Waals surface area contributed by atoms with Gasteiger partial charge in [0.1, 0.15) is 30.4 Å². The zero-order chi connectivity index (χ0) is 31.6. The third-order valence-electron chi connectivity index (χ3n) is 8.80. The summed E-state index contributed by atoms with van der Waals surface area (Å²) >= 11 is 0. The van der Waals surface area contributed by atoms with E-state index in [1.54, 1.807) is 6.20 Å². The normalized spacial score (nSPS) is 13.1. The number of fused-ring (bicyclic) bond motifs is 2. The fourth-order valence-corrected chi connectivity index (χ4v) is 6.42. The van der Waals surface area contributed by atoms with Gasteiger partial charge in [-0.2, -0.15) is 5.10 Å². The second kappa shape index (κ2) is 12.5. The summed E-state index contributed by atoms with van der Waals surface area (Å²) in [7, 11) is -1.91. The van der Waals surface area contributed by atoms with Crippen LogP contribution < -0.4 is 9.16 Å². The van der Waals surface area contributed by atoms with E-state index < -0.39 is 8.32 Å². The first-order chi connectivity index (χ1) is 21.6. The van der Waals surface area contributed by atoms with E-state index >= 15 is 0 Å². The second-order valence-corrected chi connectivity index (χ2v) is 17.7. The molecule has 2 aromatic carbocycles. The van der Waals surface area contributed by atoms with Gasteiger partial charge in [0, 0.05) is 41.6 Å². The Morgan fingerprint density at radius 3 is 2.49 bits per heavy atom. The quantitative estimate of drug-likeness (QED) is 0.0900. The van der Waals surface area contributed by atoms with Crippen molar-refractivity contribution in [2.75, 3.05) is 13.2 Å². The first kappa shape index (κ1) is 30.5. The van der Waals surface area contributed by atoms with Gasteiger partial charge in [0.15, 0.2) is 0 Å². The van der Waals surface area contributed by atoms with Crippen LogP contribution in [0.15, 0.2) is 79.1 Å². The van der Waals surface area contributed by atoms with E-state index in [-0.39, 0.29) is 30.6 Å². The summed E-state index contributed by atoms with van der Waals surface area (Å²) in [5, 5.41) is 6.08. The van der Waals surface area contributed by atoms with Gasteiger partial charge in [0.25, 0.3) is 0 Å². The summed E-state index contributed by atoms with van der Waals surface area (Å²) in [5.74, 6) is 1.22. The minimum absolute atomic E-state index is 0.120. The summed E-state index contributed by atoms with van der Waals surface area (Å²) < 4.78 is 19.9. The molecule has 0 amide bonds. The van der Waals surface area contributed by atoms with Gasteiger partial charge in [-0.3, -0.25) is 19.4 Å². The lowest BCUT2D eigenvalue weighted by Crippen LogP contribution is -2.43. The molecule has 1 aliphatic heterocycles. The molecule has 0 fully saturated rings. The highest BCUT2D eigenvalue weighted by atomic mass is 28.4. The molecule has 45 heavy (non-hydrogen) atoms. The lowest BCUT2D eigenvalue weighted by molar-refractivity contribution is -0.143. The Bertz CT molecular complexity index is 1810. The van der Waals surface area contributed by atoms with E-state index in [0.717, 1.165) is 64.1 Å².